The average molecular weight is 382 g/mol. The van der Waals surface area contributed by atoms with Gasteiger partial charge in [0.2, 0.25) is 0 Å². The van der Waals surface area contributed by atoms with Gasteiger partial charge in [-0.05, 0) is 12.8 Å². The van der Waals surface area contributed by atoms with Crippen LogP contribution in [-0.4, -0.2) is 68.4 Å². The number of likely N-dealkylation sites (tertiary alicyclic amines) is 1. The predicted molar refractivity (Wildman–Crippen MR) is 88.4 cm³/mol. The first-order valence-corrected chi connectivity index (χ1v) is 8.51. The number of aromatic nitrogens is 4. The van der Waals surface area contributed by atoms with E-state index in [1.165, 1.54) is 11.2 Å². The number of alkyl halides is 3. The minimum Gasteiger partial charge on any atom is -0.465 e. The third-order valence-corrected chi connectivity index (χ3v) is 5.20. The molecule has 2 aliphatic rings. The van der Waals surface area contributed by atoms with E-state index in [9.17, 15) is 18.0 Å². The number of hydrogen-bond donors (Lipinski definition) is 1. The van der Waals surface area contributed by atoms with Gasteiger partial charge in [0.15, 0.2) is 17.0 Å². The first-order valence-electron chi connectivity index (χ1n) is 8.51. The molecule has 8 nitrogen and oxygen atoms in total. The molecule has 2 aromatic heterocycles. The third kappa shape index (κ3) is 3.45. The van der Waals surface area contributed by atoms with E-state index in [0.29, 0.717) is 32.0 Å². The SMILES string of the molecule is O=C(O)N1CCC2(CC1)CN(c1ncnc3ncc(CC(F)(F)F)nc13)C2. The maximum Gasteiger partial charge on any atom is 0.407 e. The molecule has 144 valence electrons. The normalized spacial score (nSPS) is 19.4. The smallest absolute Gasteiger partial charge is 0.407 e. The summed E-state index contributed by atoms with van der Waals surface area (Å²) >= 11 is 0. The summed E-state index contributed by atoms with van der Waals surface area (Å²) in [5.74, 6) is 0.475. The lowest BCUT2D eigenvalue weighted by Gasteiger charge is -2.54. The first kappa shape index (κ1) is 17.7. The molecule has 4 rings (SSSR count). The van der Waals surface area contributed by atoms with Crippen molar-refractivity contribution in [3.63, 3.8) is 0 Å². The van der Waals surface area contributed by atoms with Crippen LogP contribution in [-0.2, 0) is 6.42 Å². The number of anilines is 1. The molecule has 0 saturated carbocycles. The van der Waals surface area contributed by atoms with E-state index in [2.05, 4.69) is 19.9 Å². The molecular weight excluding hydrogens is 365 g/mol. The molecular formula is C16H17F3N6O2. The van der Waals surface area contributed by atoms with Crippen molar-refractivity contribution in [1.82, 2.24) is 24.8 Å². The molecule has 0 radical (unpaired) electrons. The molecule has 2 saturated heterocycles. The summed E-state index contributed by atoms with van der Waals surface area (Å²) in [6.07, 6.45) is -2.50. The van der Waals surface area contributed by atoms with Gasteiger partial charge in [-0.2, -0.15) is 13.2 Å². The fraction of sp³-hybridized carbons (Fsp3) is 0.562. The van der Waals surface area contributed by atoms with E-state index >= 15 is 0 Å². The Hall–Kier alpha value is -2.72. The van der Waals surface area contributed by atoms with Crippen LogP contribution in [0.15, 0.2) is 12.5 Å². The number of halogens is 3. The summed E-state index contributed by atoms with van der Waals surface area (Å²) in [5, 5.41) is 9.06. The molecule has 1 spiro atoms. The maximum absolute atomic E-state index is 12.6. The molecule has 0 aromatic carbocycles. The van der Waals surface area contributed by atoms with E-state index in [1.807, 2.05) is 4.90 Å². The molecule has 0 bridgehead atoms. The Bertz CT molecular complexity index is 874. The topological polar surface area (TPSA) is 95.3 Å². The van der Waals surface area contributed by atoms with Crippen molar-refractivity contribution in [2.45, 2.75) is 25.4 Å². The van der Waals surface area contributed by atoms with Crippen molar-refractivity contribution in [1.29, 1.82) is 0 Å². The Morgan fingerprint density at radius 2 is 1.89 bits per heavy atom. The summed E-state index contributed by atoms with van der Waals surface area (Å²) in [7, 11) is 0. The predicted octanol–water partition coefficient (Wildman–Crippen LogP) is 2.10. The summed E-state index contributed by atoms with van der Waals surface area (Å²) in [6, 6.07) is 0. The van der Waals surface area contributed by atoms with Gasteiger partial charge in [0, 0.05) is 31.6 Å². The van der Waals surface area contributed by atoms with Gasteiger partial charge >= 0.3 is 12.3 Å². The van der Waals surface area contributed by atoms with E-state index < -0.39 is 18.7 Å². The van der Waals surface area contributed by atoms with Gasteiger partial charge in [0.25, 0.3) is 0 Å². The fourth-order valence-corrected chi connectivity index (χ4v) is 3.79. The Morgan fingerprint density at radius 3 is 2.52 bits per heavy atom. The average Bonchev–Trinajstić information content (AvgIpc) is 2.58. The van der Waals surface area contributed by atoms with Crippen molar-refractivity contribution < 1.29 is 23.1 Å². The number of fused-ring (bicyclic) bond motifs is 1. The van der Waals surface area contributed by atoms with Crippen molar-refractivity contribution in [3.05, 3.63) is 18.2 Å². The van der Waals surface area contributed by atoms with Crippen LogP contribution >= 0.6 is 0 Å². The van der Waals surface area contributed by atoms with Crippen LogP contribution in [0.4, 0.5) is 23.8 Å². The van der Waals surface area contributed by atoms with Crippen LogP contribution in [0.3, 0.4) is 0 Å². The molecule has 2 aromatic rings. The summed E-state index contributed by atoms with van der Waals surface area (Å²) in [4.78, 5) is 30.7. The van der Waals surface area contributed by atoms with Crippen molar-refractivity contribution in [2.24, 2.45) is 5.41 Å². The van der Waals surface area contributed by atoms with Gasteiger partial charge in [-0.25, -0.2) is 24.7 Å². The zero-order chi connectivity index (χ0) is 19.2. The molecule has 1 N–H and O–H groups in total. The number of carbonyl (C=O) groups is 1. The number of hydrogen-bond acceptors (Lipinski definition) is 6. The van der Waals surface area contributed by atoms with Crippen molar-refractivity contribution >= 4 is 23.1 Å². The lowest BCUT2D eigenvalue weighted by molar-refractivity contribution is -0.127. The second-order valence-electron chi connectivity index (χ2n) is 7.15. The van der Waals surface area contributed by atoms with Gasteiger partial charge in [-0.15, -0.1) is 0 Å². The Balaban J connectivity index is 1.53. The van der Waals surface area contributed by atoms with Gasteiger partial charge in [0.05, 0.1) is 18.3 Å². The monoisotopic (exact) mass is 382 g/mol. The lowest BCUT2D eigenvalue weighted by Crippen LogP contribution is -2.61. The Morgan fingerprint density at radius 1 is 1.19 bits per heavy atom. The largest absolute Gasteiger partial charge is 0.465 e. The molecule has 2 fully saturated rings. The van der Waals surface area contributed by atoms with Crippen LogP contribution < -0.4 is 4.90 Å². The number of amides is 1. The Kier molecular flexibility index (Phi) is 4.04. The van der Waals surface area contributed by atoms with Crippen LogP contribution in [0, 0.1) is 5.41 Å². The van der Waals surface area contributed by atoms with E-state index in [0.717, 1.165) is 19.0 Å². The minimum atomic E-state index is -4.36. The molecule has 11 heteroatoms. The van der Waals surface area contributed by atoms with Gasteiger partial charge in [-0.3, -0.25) is 0 Å². The van der Waals surface area contributed by atoms with Gasteiger partial charge < -0.3 is 14.9 Å². The van der Waals surface area contributed by atoms with Gasteiger partial charge in [0.1, 0.15) is 6.33 Å². The minimum absolute atomic E-state index is 0.0141. The molecule has 4 heterocycles. The van der Waals surface area contributed by atoms with E-state index in [1.54, 1.807) is 0 Å². The number of rotatable bonds is 2. The van der Waals surface area contributed by atoms with Crippen molar-refractivity contribution in [2.75, 3.05) is 31.1 Å². The fourth-order valence-electron chi connectivity index (χ4n) is 3.79. The highest BCUT2D eigenvalue weighted by Crippen LogP contribution is 2.43. The highest BCUT2D eigenvalue weighted by Gasteiger charge is 2.46. The molecule has 2 aliphatic heterocycles. The highest BCUT2D eigenvalue weighted by molar-refractivity contribution is 5.83. The van der Waals surface area contributed by atoms with Gasteiger partial charge in [-0.1, -0.05) is 0 Å². The maximum atomic E-state index is 12.6. The van der Waals surface area contributed by atoms with E-state index in [-0.39, 0.29) is 22.3 Å². The van der Waals surface area contributed by atoms with Crippen LogP contribution in [0.5, 0.6) is 0 Å². The molecule has 27 heavy (non-hydrogen) atoms. The van der Waals surface area contributed by atoms with Crippen LogP contribution in [0.1, 0.15) is 18.5 Å². The molecule has 0 unspecified atom stereocenters. The lowest BCUT2D eigenvalue weighted by atomic mass is 9.72. The zero-order valence-corrected chi connectivity index (χ0v) is 14.3. The second-order valence-corrected chi connectivity index (χ2v) is 7.15. The summed E-state index contributed by atoms with van der Waals surface area (Å²) in [5.41, 5.74) is 0.362. The number of nitrogens with zero attached hydrogens (tertiary/aromatic N) is 6. The first-order chi connectivity index (χ1) is 12.7. The van der Waals surface area contributed by atoms with Crippen LogP contribution in [0.25, 0.3) is 11.2 Å². The highest BCUT2D eigenvalue weighted by atomic mass is 19.4. The standard InChI is InChI=1S/C16H17F3N6O2/c17-16(18,19)5-10-6-20-12-11(23-10)13(22-9-21-12)25-7-15(8-25)1-3-24(4-2-15)14(26)27/h6,9H,1-5,7-8H2,(H,26,27). The number of piperidine rings is 1. The summed E-state index contributed by atoms with van der Waals surface area (Å²) < 4.78 is 37.9. The zero-order valence-electron chi connectivity index (χ0n) is 14.3. The van der Waals surface area contributed by atoms with Crippen LogP contribution in [0.2, 0.25) is 0 Å². The quantitative estimate of drug-likeness (QED) is 0.850. The third-order valence-electron chi connectivity index (χ3n) is 5.20. The molecule has 0 atom stereocenters. The van der Waals surface area contributed by atoms with E-state index in [4.69, 9.17) is 5.11 Å². The second kappa shape index (κ2) is 6.17. The molecule has 1 amide bonds. The summed E-state index contributed by atoms with van der Waals surface area (Å²) in [6.45, 7) is 2.31. The Labute approximate surface area is 152 Å². The molecule has 0 aliphatic carbocycles. The van der Waals surface area contributed by atoms with Crippen molar-refractivity contribution in [3.8, 4) is 0 Å². The number of carboxylic acid groups (broad SMARTS) is 1.